The van der Waals surface area contributed by atoms with Crippen molar-refractivity contribution in [2.24, 2.45) is 5.10 Å². The van der Waals surface area contributed by atoms with Crippen LogP contribution >= 0.6 is 12.2 Å². The van der Waals surface area contributed by atoms with E-state index in [0.717, 1.165) is 5.56 Å². The Morgan fingerprint density at radius 2 is 1.80 bits per heavy atom. The first-order valence-corrected chi connectivity index (χ1v) is 7.69. The molecule has 20 heavy (non-hydrogen) atoms. The van der Waals surface area contributed by atoms with Crippen molar-refractivity contribution in [3.8, 4) is 0 Å². The van der Waals surface area contributed by atoms with Gasteiger partial charge in [-0.05, 0) is 36.8 Å². The molecule has 0 atom stereocenters. The molecule has 0 unspecified atom stereocenters. The second-order valence-corrected chi connectivity index (χ2v) is 6.76. The molecule has 0 aliphatic carbocycles. The van der Waals surface area contributed by atoms with E-state index in [0.29, 0.717) is 10.8 Å². The molecule has 0 aliphatic rings. The lowest BCUT2D eigenvalue weighted by molar-refractivity contribution is 0.521. The third-order valence-corrected chi connectivity index (χ3v) is 4.73. The predicted molar refractivity (Wildman–Crippen MR) is 84.3 cm³/mol. The van der Waals surface area contributed by atoms with E-state index < -0.39 is 10.0 Å². The van der Waals surface area contributed by atoms with E-state index >= 15 is 0 Å². The van der Waals surface area contributed by atoms with Gasteiger partial charge in [-0.3, -0.25) is 5.43 Å². The van der Waals surface area contributed by atoms with Gasteiger partial charge in [0.1, 0.15) is 0 Å². The fraction of sp³-hybridized carbons (Fsp3) is 0.333. The summed E-state index contributed by atoms with van der Waals surface area (Å²) in [6.07, 6.45) is 0. The molecule has 8 heteroatoms. The summed E-state index contributed by atoms with van der Waals surface area (Å²) in [5.41, 5.74) is 4.19. The smallest absolute Gasteiger partial charge is 0.242 e. The molecule has 2 N–H and O–H groups in total. The van der Waals surface area contributed by atoms with Gasteiger partial charge < -0.3 is 5.32 Å². The van der Waals surface area contributed by atoms with E-state index in [1.165, 1.54) is 18.4 Å². The highest BCUT2D eigenvalue weighted by Gasteiger charge is 2.16. The van der Waals surface area contributed by atoms with Gasteiger partial charge >= 0.3 is 0 Å². The molecule has 0 amide bonds. The predicted octanol–water partition coefficient (Wildman–Crippen LogP) is 0.755. The Bertz CT molecular complexity index is 607. The molecule has 0 fully saturated rings. The number of benzene rings is 1. The normalized spacial score (nSPS) is 12.3. The number of sulfonamides is 1. The highest BCUT2D eigenvalue weighted by atomic mass is 32.2. The first kappa shape index (κ1) is 16.5. The summed E-state index contributed by atoms with van der Waals surface area (Å²) in [6.45, 7) is 1.81. The minimum absolute atomic E-state index is 0.248. The Morgan fingerprint density at radius 1 is 1.25 bits per heavy atom. The highest BCUT2D eigenvalue weighted by Crippen LogP contribution is 2.14. The summed E-state index contributed by atoms with van der Waals surface area (Å²) >= 11 is 4.91. The molecule has 1 rings (SSSR count). The maximum Gasteiger partial charge on any atom is 0.242 e. The van der Waals surface area contributed by atoms with Crippen LogP contribution in [0, 0.1) is 0 Å². The van der Waals surface area contributed by atoms with E-state index in [1.54, 1.807) is 38.2 Å². The quantitative estimate of drug-likeness (QED) is 0.487. The average molecular weight is 314 g/mol. The van der Waals surface area contributed by atoms with E-state index in [-0.39, 0.29) is 4.90 Å². The number of hydrogen-bond donors (Lipinski definition) is 2. The van der Waals surface area contributed by atoms with Crippen LogP contribution in [0.2, 0.25) is 0 Å². The van der Waals surface area contributed by atoms with Gasteiger partial charge in [-0.2, -0.15) is 5.10 Å². The van der Waals surface area contributed by atoms with Crippen molar-refractivity contribution >= 4 is 33.1 Å². The molecule has 0 aromatic heterocycles. The lowest BCUT2D eigenvalue weighted by atomic mass is 10.1. The van der Waals surface area contributed by atoms with Crippen LogP contribution in [0.3, 0.4) is 0 Å². The zero-order valence-electron chi connectivity index (χ0n) is 11.8. The number of thiocarbonyl (C=S) groups is 1. The van der Waals surface area contributed by atoms with Crippen LogP contribution < -0.4 is 10.7 Å². The minimum Gasteiger partial charge on any atom is -0.364 e. The summed E-state index contributed by atoms with van der Waals surface area (Å²) in [6, 6.07) is 6.53. The van der Waals surface area contributed by atoms with Crippen LogP contribution in [0.25, 0.3) is 0 Å². The van der Waals surface area contributed by atoms with Gasteiger partial charge in [0.15, 0.2) is 5.11 Å². The highest BCUT2D eigenvalue weighted by molar-refractivity contribution is 7.89. The number of nitrogens with zero attached hydrogens (tertiary/aromatic N) is 2. The molecule has 110 valence electrons. The lowest BCUT2D eigenvalue weighted by Gasteiger charge is -2.11. The van der Waals surface area contributed by atoms with Crippen molar-refractivity contribution in [1.82, 2.24) is 15.0 Å². The lowest BCUT2D eigenvalue weighted by Crippen LogP contribution is -2.29. The van der Waals surface area contributed by atoms with Gasteiger partial charge in [0.25, 0.3) is 0 Å². The molecule has 1 aromatic rings. The zero-order chi connectivity index (χ0) is 15.3. The van der Waals surface area contributed by atoms with Crippen LogP contribution in [0.15, 0.2) is 34.3 Å². The Labute approximate surface area is 124 Å². The maximum absolute atomic E-state index is 11.9. The third kappa shape index (κ3) is 3.99. The van der Waals surface area contributed by atoms with Crippen molar-refractivity contribution in [3.63, 3.8) is 0 Å². The molecular formula is C12H18N4O2S2. The standard InChI is InChI=1S/C12H18N4O2S2/c1-9(14-15-12(19)13-2)10-5-7-11(8-6-10)20(17,18)16(3)4/h5-8H,1-4H3,(H2,13,15,19)/b14-9-. The van der Waals surface area contributed by atoms with Crippen LogP contribution in [0.1, 0.15) is 12.5 Å². The van der Waals surface area contributed by atoms with E-state index in [1.807, 2.05) is 0 Å². The molecule has 0 aliphatic heterocycles. The molecule has 0 spiro atoms. The molecule has 1 aromatic carbocycles. The Hall–Kier alpha value is -1.51. The Morgan fingerprint density at radius 3 is 2.25 bits per heavy atom. The molecule has 0 saturated heterocycles. The minimum atomic E-state index is -3.40. The Balaban J connectivity index is 2.95. The van der Waals surface area contributed by atoms with E-state index in [4.69, 9.17) is 12.2 Å². The second-order valence-electron chi connectivity index (χ2n) is 4.20. The average Bonchev–Trinajstić information content (AvgIpc) is 2.44. The van der Waals surface area contributed by atoms with Crippen molar-refractivity contribution in [1.29, 1.82) is 0 Å². The second kappa shape index (κ2) is 6.78. The van der Waals surface area contributed by atoms with E-state index in [2.05, 4.69) is 15.8 Å². The number of hydrazone groups is 1. The third-order valence-electron chi connectivity index (χ3n) is 2.60. The van der Waals surface area contributed by atoms with E-state index in [9.17, 15) is 8.42 Å². The number of nitrogens with one attached hydrogen (secondary N) is 2. The summed E-state index contributed by atoms with van der Waals surface area (Å²) < 4.78 is 25.0. The first-order chi connectivity index (χ1) is 9.28. The number of rotatable bonds is 4. The summed E-state index contributed by atoms with van der Waals surface area (Å²) in [5, 5.41) is 7.25. The molecule has 0 bridgehead atoms. The van der Waals surface area contributed by atoms with Crippen LogP contribution in [-0.4, -0.2) is 44.7 Å². The fourth-order valence-corrected chi connectivity index (χ4v) is 2.28. The maximum atomic E-state index is 11.9. The van der Waals surface area contributed by atoms with Crippen LogP contribution in [-0.2, 0) is 10.0 Å². The molecule has 0 heterocycles. The van der Waals surface area contributed by atoms with Gasteiger partial charge in [-0.15, -0.1) is 0 Å². The molecule has 0 saturated carbocycles. The number of hydrogen-bond acceptors (Lipinski definition) is 4. The first-order valence-electron chi connectivity index (χ1n) is 5.84. The van der Waals surface area contributed by atoms with Crippen molar-refractivity contribution in [2.75, 3.05) is 21.1 Å². The van der Waals surface area contributed by atoms with Crippen LogP contribution in [0.5, 0.6) is 0 Å². The van der Waals surface area contributed by atoms with Crippen molar-refractivity contribution in [3.05, 3.63) is 29.8 Å². The van der Waals surface area contributed by atoms with Crippen molar-refractivity contribution < 1.29 is 8.42 Å². The monoisotopic (exact) mass is 314 g/mol. The summed E-state index contributed by atoms with van der Waals surface area (Å²) in [7, 11) is 1.29. The Kier molecular flexibility index (Phi) is 5.61. The fourth-order valence-electron chi connectivity index (χ4n) is 1.33. The summed E-state index contributed by atoms with van der Waals surface area (Å²) in [4.78, 5) is 0.248. The van der Waals surface area contributed by atoms with Crippen molar-refractivity contribution in [2.45, 2.75) is 11.8 Å². The molecule has 6 nitrogen and oxygen atoms in total. The largest absolute Gasteiger partial charge is 0.364 e. The van der Waals surface area contributed by atoms with Gasteiger partial charge in [0.2, 0.25) is 10.0 Å². The van der Waals surface area contributed by atoms with Gasteiger partial charge in [0, 0.05) is 21.1 Å². The van der Waals surface area contributed by atoms with Gasteiger partial charge in [0.05, 0.1) is 10.6 Å². The van der Waals surface area contributed by atoms with Gasteiger partial charge in [-0.1, -0.05) is 12.1 Å². The van der Waals surface area contributed by atoms with Gasteiger partial charge in [-0.25, -0.2) is 12.7 Å². The molecular weight excluding hydrogens is 296 g/mol. The SMILES string of the molecule is CNC(=S)N/N=C(/C)c1ccc(S(=O)(=O)N(C)C)cc1. The topological polar surface area (TPSA) is 73.8 Å². The summed E-state index contributed by atoms with van der Waals surface area (Å²) in [5.74, 6) is 0. The zero-order valence-corrected chi connectivity index (χ0v) is 13.5. The molecule has 0 radical (unpaired) electrons. The van der Waals surface area contributed by atoms with Crippen LogP contribution in [0.4, 0.5) is 0 Å².